The zero-order valence-electron chi connectivity index (χ0n) is 19.8. The maximum Gasteiger partial charge on any atom is 0.295 e. The zero-order chi connectivity index (χ0) is 23.8. The number of hydrogen-bond donors (Lipinski definition) is 1. The lowest BCUT2D eigenvalue weighted by atomic mass is 9.99. The number of unbranched alkanes of at least 4 members (excludes halogenated alkanes) is 1. The largest absolute Gasteiger partial charge is 0.507 e. The van der Waals surface area contributed by atoms with Gasteiger partial charge in [0.1, 0.15) is 23.3 Å². The molecule has 7 nitrogen and oxygen atoms in total. The average Bonchev–Trinajstić information content (AvgIpc) is 3.44. The van der Waals surface area contributed by atoms with Gasteiger partial charge in [-0.1, -0.05) is 39.3 Å². The average molecular weight is 455 g/mol. The molecule has 0 radical (unpaired) electrons. The van der Waals surface area contributed by atoms with Crippen LogP contribution in [0.1, 0.15) is 57.4 Å². The fourth-order valence-corrected chi connectivity index (χ4v) is 4.08. The van der Waals surface area contributed by atoms with Crippen molar-refractivity contribution in [2.75, 3.05) is 32.8 Å². The lowest BCUT2D eigenvalue weighted by Gasteiger charge is -2.25. The summed E-state index contributed by atoms with van der Waals surface area (Å²) < 4.78 is 11.3. The fraction of sp³-hybridized carbons (Fsp3) is 0.462. The number of aliphatic hydroxyl groups is 1. The van der Waals surface area contributed by atoms with Crippen molar-refractivity contribution in [2.24, 2.45) is 0 Å². The van der Waals surface area contributed by atoms with Gasteiger partial charge in [0.05, 0.1) is 18.4 Å². The topological polar surface area (TPSA) is 83.2 Å². The number of Topliss-reactive ketones (excluding diaryl/α,β-unsaturated/α-hetero) is 1. The molecular formula is C26H34N2O5. The Hall–Kier alpha value is -3.06. The van der Waals surface area contributed by atoms with E-state index in [4.69, 9.17) is 9.15 Å². The molecule has 1 amide bonds. The Morgan fingerprint density at radius 2 is 1.91 bits per heavy atom. The third-order valence-corrected chi connectivity index (χ3v) is 5.99. The second-order valence-corrected chi connectivity index (χ2v) is 8.12. The number of rotatable bonds is 12. The van der Waals surface area contributed by atoms with E-state index < -0.39 is 17.7 Å². The lowest BCUT2D eigenvalue weighted by Crippen LogP contribution is -2.33. The third-order valence-electron chi connectivity index (χ3n) is 5.99. The van der Waals surface area contributed by atoms with E-state index in [9.17, 15) is 14.7 Å². The van der Waals surface area contributed by atoms with Crippen LogP contribution in [0, 0.1) is 0 Å². The Balaban J connectivity index is 1.92. The van der Waals surface area contributed by atoms with Gasteiger partial charge in [0.15, 0.2) is 0 Å². The molecule has 1 aromatic heterocycles. The molecule has 3 rings (SSSR count). The van der Waals surface area contributed by atoms with Crippen molar-refractivity contribution in [1.82, 2.24) is 9.80 Å². The summed E-state index contributed by atoms with van der Waals surface area (Å²) in [5.74, 6) is -0.478. The molecule has 1 saturated heterocycles. The molecule has 0 bridgehead atoms. The van der Waals surface area contributed by atoms with Crippen molar-refractivity contribution < 1.29 is 23.8 Å². The van der Waals surface area contributed by atoms with Gasteiger partial charge >= 0.3 is 0 Å². The van der Waals surface area contributed by atoms with Crippen molar-refractivity contribution in [3.05, 3.63) is 59.6 Å². The number of nitrogens with zero attached hydrogens (tertiary/aromatic N) is 2. The molecule has 1 atom stereocenters. The maximum absolute atomic E-state index is 13.0. The molecule has 2 aromatic rings. The fourth-order valence-electron chi connectivity index (χ4n) is 4.08. The van der Waals surface area contributed by atoms with E-state index in [1.54, 1.807) is 30.3 Å². The SMILES string of the molecule is CCCCOc1cccc(/C(O)=C2\C(=O)C(=O)N(CCCN(CC)CC)C2c2ccco2)c1. The third kappa shape index (κ3) is 5.66. The summed E-state index contributed by atoms with van der Waals surface area (Å²) in [6, 6.07) is 9.65. The Morgan fingerprint density at radius 3 is 2.58 bits per heavy atom. The number of ketones is 1. The standard InChI is InChI=1S/C26H34N2O5/c1-4-7-16-32-20-12-8-11-19(18-20)24(29)22-23(21-13-9-17-33-21)28(26(31)25(22)30)15-10-14-27(5-2)6-3/h8-9,11-13,17-18,23,29H,4-7,10,14-16H2,1-3H3/b24-22+. The van der Waals surface area contributed by atoms with E-state index in [-0.39, 0.29) is 11.3 Å². The predicted octanol–water partition coefficient (Wildman–Crippen LogP) is 4.61. The second-order valence-electron chi connectivity index (χ2n) is 8.12. The van der Waals surface area contributed by atoms with Gasteiger partial charge in [-0.3, -0.25) is 9.59 Å². The van der Waals surface area contributed by atoms with Crippen LogP contribution in [0.5, 0.6) is 5.75 Å². The first-order chi connectivity index (χ1) is 16.0. The molecule has 7 heteroatoms. The van der Waals surface area contributed by atoms with Crippen molar-refractivity contribution in [3.63, 3.8) is 0 Å². The summed E-state index contributed by atoms with van der Waals surface area (Å²) in [5.41, 5.74) is 0.477. The van der Waals surface area contributed by atoms with E-state index >= 15 is 0 Å². The number of hydrogen-bond acceptors (Lipinski definition) is 6. The second kappa shape index (κ2) is 11.7. The highest BCUT2D eigenvalue weighted by atomic mass is 16.5. The molecule has 1 aliphatic heterocycles. The van der Waals surface area contributed by atoms with Gasteiger partial charge in [0.25, 0.3) is 11.7 Å². The van der Waals surface area contributed by atoms with Gasteiger partial charge in [-0.25, -0.2) is 0 Å². The molecule has 1 fully saturated rings. The first-order valence-corrected chi connectivity index (χ1v) is 11.8. The highest BCUT2D eigenvalue weighted by Gasteiger charge is 2.47. The highest BCUT2D eigenvalue weighted by Crippen LogP contribution is 2.40. The number of furan rings is 1. The molecule has 0 saturated carbocycles. The number of aliphatic hydroxyl groups excluding tert-OH is 1. The molecule has 1 N–H and O–H groups in total. The van der Waals surface area contributed by atoms with Crippen molar-refractivity contribution in [3.8, 4) is 5.75 Å². The first kappa shape index (κ1) is 24.6. The van der Waals surface area contributed by atoms with Gasteiger partial charge in [0.2, 0.25) is 0 Å². The molecule has 1 aliphatic rings. The van der Waals surface area contributed by atoms with Crippen LogP contribution in [0.2, 0.25) is 0 Å². The van der Waals surface area contributed by atoms with E-state index in [1.807, 2.05) is 6.07 Å². The molecule has 1 aromatic carbocycles. The Bertz CT molecular complexity index is 963. The number of carbonyl (C=O) groups is 2. The number of likely N-dealkylation sites (tertiary alicyclic amines) is 1. The van der Waals surface area contributed by atoms with Gasteiger partial charge < -0.3 is 24.1 Å². The maximum atomic E-state index is 13.0. The summed E-state index contributed by atoms with van der Waals surface area (Å²) in [7, 11) is 0. The van der Waals surface area contributed by atoms with Crippen LogP contribution in [0.25, 0.3) is 5.76 Å². The Morgan fingerprint density at radius 1 is 1.12 bits per heavy atom. The minimum atomic E-state index is -0.763. The predicted molar refractivity (Wildman–Crippen MR) is 127 cm³/mol. The minimum Gasteiger partial charge on any atom is -0.507 e. The molecule has 2 heterocycles. The van der Waals surface area contributed by atoms with Crippen LogP contribution >= 0.6 is 0 Å². The van der Waals surface area contributed by atoms with Crippen LogP contribution in [0.15, 0.2) is 52.7 Å². The van der Waals surface area contributed by atoms with E-state index in [0.717, 1.165) is 32.5 Å². The highest BCUT2D eigenvalue weighted by molar-refractivity contribution is 6.46. The Labute approximate surface area is 195 Å². The van der Waals surface area contributed by atoms with E-state index in [2.05, 4.69) is 25.7 Å². The normalized spacial score (nSPS) is 17.8. The molecule has 0 spiro atoms. The van der Waals surface area contributed by atoms with Gasteiger partial charge in [-0.05, 0) is 56.7 Å². The first-order valence-electron chi connectivity index (χ1n) is 11.8. The van der Waals surface area contributed by atoms with Crippen LogP contribution in [-0.4, -0.2) is 59.4 Å². The summed E-state index contributed by atoms with van der Waals surface area (Å²) in [4.78, 5) is 29.8. The summed E-state index contributed by atoms with van der Waals surface area (Å²) in [6.07, 6.45) is 4.16. The van der Waals surface area contributed by atoms with Crippen LogP contribution in [0.3, 0.4) is 0 Å². The zero-order valence-corrected chi connectivity index (χ0v) is 19.8. The monoisotopic (exact) mass is 454 g/mol. The van der Waals surface area contributed by atoms with Gasteiger partial charge in [0, 0.05) is 12.1 Å². The summed E-state index contributed by atoms with van der Waals surface area (Å²) >= 11 is 0. The molecular weight excluding hydrogens is 420 g/mol. The number of amides is 1. The molecule has 1 unspecified atom stereocenters. The van der Waals surface area contributed by atoms with Crippen LogP contribution < -0.4 is 4.74 Å². The molecule has 0 aliphatic carbocycles. The summed E-state index contributed by atoms with van der Waals surface area (Å²) in [5, 5.41) is 11.2. The van der Waals surface area contributed by atoms with E-state index in [1.165, 1.54) is 11.2 Å². The summed E-state index contributed by atoms with van der Waals surface area (Å²) in [6.45, 7) is 9.91. The molecule has 178 valence electrons. The Kier molecular flexibility index (Phi) is 8.72. The van der Waals surface area contributed by atoms with Crippen molar-refractivity contribution in [2.45, 2.75) is 46.1 Å². The minimum absolute atomic E-state index is 0.0449. The number of carbonyl (C=O) groups excluding carboxylic acids is 2. The van der Waals surface area contributed by atoms with Crippen molar-refractivity contribution in [1.29, 1.82) is 0 Å². The number of benzene rings is 1. The number of ether oxygens (including phenoxy) is 1. The van der Waals surface area contributed by atoms with E-state index in [0.29, 0.717) is 36.6 Å². The smallest absolute Gasteiger partial charge is 0.295 e. The van der Waals surface area contributed by atoms with Crippen molar-refractivity contribution >= 4 is 17.4 Å². The lowest BCUT2D eigenvalue weighted by molar-refractivity contribution is -0.140. The van der Waals surface area contributed by atoms with Crippen LogP contribution in [0.4, 0.5) is 0 Å². The molecule has 33 heavy (non-hydrogen) atoms. The van der Waals surface area contributed by atoms with Crippen LogP contribution in [-0.2, 0) is 9.59 Å². The van der Waals surface area contributed by atoms with Gasteiger partial charge in [-0.15, -0.1) is 0 Å². The quantitative estimate of drug-likeness (QED) is 0.218. The van der Waals surface area contributed by atoms with Gasteiger partial charge in [-0.2, -0.15) is 0 Å².